The predicted molar refractivity (Wildman–Crippen MR) is 94.8 cm³/mol. The quantitative estimate of drug-likeness (QED) is 0.820. The predicted octanol–water partition coefficient (Wildman–Crippen LogP) is 3.71. The molecule has 5 nitrogen and oxygen atoms in total. The molecular weight excluding hydrogens is 340 g/mol. The van der Waals surface area contributed by atoms with E-state index in [-0.39, 0.29) is 12.6 Å². The maximum absolute atomic E-state index is 12.7. The van der Waals surface area contributed by atoms with Gasteiger partial charge in [0.25, 0.3) is 0 Å². The Kier molecular flexibility index (Phi) is 5.05. The van der Waals surface area contributed by atoms with Gasteiger partial charge in [0.15, 0.2) is 0 Å². The number of carbonyl (C=O) groups is 2. The first kappa shape index (κ1) is 17.0. The standard InChI is InChI=1S/C19H17ClN2O3/c1-12-16(18(23)25-11-13-7-3-2-4-8-13)17(22-19(24)21-12)14-9-5-6-10-15(14)20/h2-10,17H,11H2,1H3,(H2,21,22,24). The van der Waals surface area contributed by atoms with Gasteiger partial charge >= 0.3 is 12.0 Å². The van der Waals surface area contributed by atoms with E-state index in [1.165, 1.54) is 0 Å². The van der Waals surface area contributed by atoms with E-state index >= 15 is 0 Å². The lowest BCUT2D eigenvalue weighted by Gasteiger charge is -2.28. The topological polar surface area (TPSA) is 67.4 Å². The molecular formula is C19H17ClN2O3. The van der Waals surface area contributed by atoms with Crippen molar-refractivity contribution < 1.29 is 14.3 Å². The van der Waals surface area contributed by atoms with E-state index in [1.807, 2.05) is 30.3 Å². The lowest BCUT2D eigenvalue weighted by molar-refractivity contribution is -0.140. The van der Waals surface area contributed by atoms with Gasteiger partial charge in [0.05, 0.1) is 11.6 Å². The molecule has 0 fully saturated rings. The second-order valence-corrected chi connectivity index (χ2v) is 6.06. The van der Waals surface area contributed by atoms with Gasteiger partial charge in [-0.2, -0.15) is 0 Å². The molecule has 0 bridgehead atoms. The number of urea groups is 1. The summed E-state index contributed by atoms with van der Waals surface area (Å²) in [5.41, 5.74) is 2.32. The number of allylic oxidation sites excluding steroid dienone is 1. The minimum atomic E-state index is -0.661. The Morgan fingerprint density at radius 1 is 1.12 bits per heavy atom. The number of benzene rings is 2. The molecule has 128 valence electrons. The molecule has 2 N–H and O–H groups in total. The van der Waals surface area contributed by atoms with Crippen LogP contribution in [0.1, 0.15) is 24.1 Å². The molecule has 3 rings (SSSR count). The number of rotatable bonds is 4. The van der Waals surface area contributed by atoms with Gasteiger partial charge in [0, 0.05) is 10.7 Å². The van der Waals surface area contributed by atoms with E-state index in [2.05, 4.69) is 10.6 Å². The van der Waals surface area contributed by atoms with Crippen LogP contribution in [0.4, 0.5) is 4.79 Å². The number of ether oxygens (including phenoxy) is 1. The molecule has 1 aliphatic heterocycles. The van der Waals surface area contributed by atoms with Gasteiger partial charge in [-0.15, -0.1) is 0 Å². The van der Waals surface area contributed by atoms with Gasteiger partial charge in [-0.05, 0) is 24.1 Å². The van der Waals surface area contributed by atoms with Crippen LogP contribution in [0.5, 0.6) is 0 Å². The molecule has 0 spiro atoms. The summed E-state index contributed by atoms with van der Waals surface area (Å²) in [6.07, 6.45) is 0. The summed E-state index contributed by atoms with van der Waals surface area (Å²) in [5.74, 6) is -0.501. The Morgan fingerprint density at radius 2 is 1.80 bits per heavy atom. The first-order valence-electron chi connectivity index (χ1n) is 7.80. The van der Waals surface area contributed by atoms with Crippen molar-refractivity contribution in [2.75, 3.05) is 0 Å². The third-order valence-electron chi connectivity index (χ3n) is 3.92. The SMILES string of the molecule is CC1=C(C(=O)OCc2ccccc2)C(c2ccccc2Cl)NC(=O)N1. The summed E-state index contributed by atoms with van der Waals surface area (Å²) in [6, 6.07) is 15.4. The first-order valence-corrected chi connectivity index (χ1v) is 8.18. The zero-order valence-corrected chi connectivity index (χ0v) is 14.3. The molecule has 0 aliphatic carbocycles. The molecule has 6 heteroatoms. The zero-order valence-electron chi connectivity index (χ0n) is 13.6. The molecule has 2 amide bonds. The second kappa shape index (κ2) is 7.40. The van der Waals surface area contributed by atoms with E-state index in [0.717, 1.165) is 5.56 Å². The molecule has 1 atom stereocenters. The fraction of sp³-hybridized carbons (Fsp3) is 0.158. The summed E-state index contributed by atoms with van der Waals surface area (Å²) in [7, 11) is 0. The van der Waals surface area contributed by atoms with Crippen molar-refractivity contribution in [1.82, 2.24) is 10.6 Å². The molecule has 0 radical (unpaired) electrons. The van der Waals surface area contributed by atoms with Crippen molar-refractivity contribution >= 4 is 23.6 Å². The van der Waals surface area contributed by atoms with Crippen LogP contribution in [-0.2, 0) is 16.1 Å². The molecule has 1 unspecified atom stereocenters. The third kappa shape index (κ3) is 3.83. The van der Waals surface area contributed by atoms with Crippen LogP contribution in [0, 0.1) is 0 Å². The van der Waals surface area contributed by atoms with Gasteiger partial charge in [-0.1, -0.05) is 60.1 Å². The maximum atomic E-state index is 12.7. The molecule has 1 aliphatic rings. The molecule has 0 saturated carbocycles. The van der Waals surface area contributed by atoms with E-state index in [0.29, 0.717) is 21.9 Å². The van der Waals surface area contributed by atoms with Crippen molar-refractivity contribution in [2.24, 2.45) is 0 Å². The Balaban J connectivity index is 1.87. The summed E-state index contributed by atoms with van der Waals surface area (Å²) in [4.78, 5) is 24.5. The number of esters is 1. The minimum absolute atomic E-state index is 0.152. The lowest BCUT2D eigenvalue weighted by Crippen LogP contribution is -2.45. The largest absolute Gasteiger partial charge is 0.457 e. The Morgan fingerprint density at radius 3 is 2.52 bits per heavy atom. The monoisotopic (exact) mass is 356 g/mol. The average Bonchev–Trinajstić information content (AvgIpc) is 2.60. The number of carbonyl (C=O) groups excluding carboxylic acids is 2. The number of nitrogens with one attached hydrogen (secondary N) is 2. The lowest BCUT2D eigenvalue weighted by atomic mass is 9.95. The second-order valence-electron chi connectivity index (χ2n) is 5.65. The number of hydrogen-bond acceptors (Lipinski definition) is 3. The van der Waals surface area contributed by atoms with Crippen molar-refractivity contribution in [3.63, 3.8) is 0 Å². The Bertz CT molecular complexity index is 834. The van der Waals surface area contributed by atoms with Crippen LogP contribution in [0.2, 0.25) is 5.02 Å². The van der Waals surface area contributed by atoms with Crippen molar-refractivity contribution in [1.29, 1.82) is 0 Å². The van der Waals surface area contributed by atoms with E-state index < -0.39 is 12.0 Å². The van der Waals surface area contributed by atoms with Crippen LogP contribution >= 0.6 is 11.6 Å². The molecule has 0 saturated heterocycles. The molecule has 2 aromatic carbocycles. The average molecular weight is 357 g/mol. The highest BCUT2D eigenvalue weighted by Gasteiger charge is 2.33. The van der Waals surface area contributed by atoms with Gasteiger partial charge in [0.2, 0.25) is 0 Å². The number of halogens is 1. The fourth-order valence-electron chi connectivity index (χ4n) is 2.71. The fourth-order valence-corrected chi connectivity index (χ4v) is 2.95. The summed E-state index contributed by atoms with van der Waals surface area (Å²) >= 11 is 6.25. The number of hydrogen-bond donors (Lipinski definition) is 2. The van der Waals surface area contributed by atoms with Crippen molar-refractivity contribution in [3.8, 4) is 0 Å². The van der Waals surface area contributed by atoms with Crippen LogP contribution < -0.4 is 10.6 Å². The summed E-state index contributed by atoms with van der Waals surface area (Å²) in [6.45, 7) is 1.82. The summed E-state index contributed by atoms with van der Waals surface area (Å²) in [5, 5.41) is 5.82. The molecule has 0 aromatic heterocycles. The molecule has 1 heterocycles. The van der Waals surface area contributed by atoms with Crippen LogP contribution in [0.3, 0.4) is 0 Å². The molecule has 2 aromatic rings. The maximum Gasteiger partial charge on any atom is 0.338 e. The van der Waals surface area contributed by atoms with Crippen LogP contribution in [0.15, 0.2) is 65.9 Å². The van der Waals surface area contributed by atoms with Crippen LogP contribution in [0.25, 0.3) is 0 Å². The third-order valence-corrected chi connectivity index (χ3v) is 4.26. The number of amides is 2. The van der Waals surface area contributed by atoms with Gasteiger partial charge in [0.1, 0.15) is 6.61 Å². The minimum Gasteiger partial charge on any atom is -0.457 e. The first-order chi connectivity index (χ1) is 12.1. The zero-order chi connectivity index (χ0) is 17.8. The van der Waals surface area contributed by atoms with Gasteiger partial charge in [-0.25, -0.2) is 9.59 Å². The van der Waals surface area contributed by atoms with Gasteiger partial charge < -0.3 is 15.4 Å². The highest BCUT2D eigenvalue weighted by atomic mass is 35.5. The Labute approximate surface area is 150 Å². The normalized spacial score (nSPS) is 16.9. The Hall–Kier alpha value is -2.79. The highest BCUT2D eigenvalue weighted by Crippen LogP contribution is 2.32. The highest BCUT2D eigenvalue weighted by molar-refractivity contribution is 6.31. The van der Waals surface area contributed by atoms with E-state index in [1.54, 1.807) is 31.2 Å². The van der Waals surface area contributed by atoms with E-state index in [4.69, 9.17) is 16.3 Å². The van der Waals surface area contributed by atoms with Crippen LogP contribution in [-0.4, -0.2) is 12.0 Å². The summed E-state index contributed by atoms with van der Waals surface area (Å²) < 4.78 is 5.43. The van der Waals surface area contributed by atoms with Crippen molar-refractivity contribution in [3.05, 3.63) is 82.0 Å². The molecule has 25 heavy (non-hydrogen) atoms. The van der Waals surface area contributed by atoms with Crippen molar-refractivity contribution in [2.45, 2.75) is 19.6 Å². The van der Waals surface area contributed by atoms with E-state index in [9.17, 15) is 9.59 Å². The smallest absolute Gasteiger partial charge is 0.338 e. The van der Waals surface area contributed by atoms with Gasteiger partial charge in [-0.3, -0.25) is 0 Å².